The average molecular weight is 359 g/mol. The van der Waals surface area contributed by atoms with E-state index in [1.807, 2.05) is 42.5 Å². The molecule has 136 valence electrons. The van der Waals surface area contributed by atoms with Crippen LogP contribution in [-0.2, 0) is 0 Å². The maximum atomic E-state index is 13.1. The van der Waals surface area contributed by atoms with Gasteiger partial charge in [0, 0.05) is 18.3 Å². The van der Waals surface area contributed by atoms with Gasteiger partial charge in [-0.3, -0.25) is 9.59 Å². The number of amides is 1. The first kappa shape index (κ1) is 17.2. The van der Waals surface area contributed by atoms with E-state index in [2.05, 4.69) is 29.0 Å². The van der Waals surface area contributed by atoms with Gasteiger partial charge in [0.1, 0.15) is 11.4 Å². The molecule has 2 aromatic carbocycles. The van der Waals surface area contributed by atoms with Crippen molar-refractivity contribution in [3.8, 4) is 11.4 Å². The van der Waals surface area contributed by atoms with E-state index in [0.29, 0.717) is 12.4 Å². The van der Waals surface area contributed by atoms with Crippen LogP contribution in [0.2, 0.25) is 0 Å². The molecular formula is C22H21N3O2. The number of likely N-dealkylation sites (tertiary alicyclic amines) is 1. The third-order valence-electron chi connectivity index (χ3n) is 5.14. The molecule has 0 saturated carbocycles. The highest BCUT2D eigenvalue weighted by molar-refractivity contribution is 5.94. The zero-order chi connectivity index (χ0) is 18.8. The summed E-state index contributed by atoms with van der Waals surface area (Å²) in [4.78, 5) is 34.5. The first-order valence-corrected chi connectivity index (χ1v) is 9.16. The number of benzene rings is 2. The van der Waals surface area contributed by atoms with Crippen molar-refractivity contribution in [3.63, 3.8) is 0 Å². The lowest BCUT2D eigenvalue weighted by Crippen LogP contribution is -2.35. The van der Waals surface area contributed by atoms with Crippen molar-refractivity contribution in [1.82, 2.24) is 14.9 Å². The molecule has 2 heterocycles. The molecule has 1 saturated heterocycles. The van der Waals surface area contributed by atoms with Gasteiger partial charge in [-0.1, -0.05) is 54.6 Å². The smallest absolute Gasteiger partial charge is 0.264 e. The van der Waals surface area contributed by atoms with Crippen LogP contribution in [0.5, 0.6) is 0 Å². The number of rotatable bonds is 3. The zero-order valence-corrected chi connectivity index (χ0v) is 15.2. The van der Waals surface area contributed by atoms with E-state index in [4.69, 9.17) is 0 Å². The lowest BCUT2D eigenvalue weighted by molar-refractivity contribution is 0.0733. The van der Waals surface area contributed by atoms with Crippen molar-refractivity contribution in [2.75, 3.05) is 6.54 Å². The second-order valence-electron chi connectivity index (χ2n) is 6.85. The van der Waals surface area contributed by atoms with Gasteiger partial charge in [-0.2, -0.15) is 0 Å². The molecule has 3 aromatic rings. The van der Waals surface area contributed by atoms with Crippen LogP contribution >= 0.6 is 0 Å². The number of H-pyrrole nitrogens is 1. The fourth-order valence-corrected chi connectivity index (χ4v) is 3.74. The molecule has 1 aliphatic heterocycles. The van der Waals surface area contributed by atoms with E-state index in [9.17, 15) is 9.59 Å². The lowest BCUT2D eigenvalue weighted by Gasteiger charge is -2.26. The van der Waals surface area contributed by atoms with E-state index in [1.165, 1.54) is 6.20 Å². The maximum Gasteiger partial charge on any atom is 0.264 e. The quantitative estimate of drug-likeness (QED) is 0.775. The lowest BCUT2D eigenvalue weighted by atomic mass is 9.99. The number of nitrogens with one attached hydrogen (secondary N) is 1. The minimum absolute atomic E-state index is 0.00639. The number of carbonyl (C=O) groups is 1. The highest BCUT2D eigenvalue weighted by Crippen LogP contribution is 2.34. The fraction of sp³-hybridized carbons (Fsp3) is 0.227. The molecule has 1 atom stereocenters. The molecule has 0 radical (unpaired) electrons. The van der Waals surface area contributed by atoms with Gasteiger partial charge in [-0.15, -0.1) is 0 Å². The largest absolute Gasteiger partial charge is 0.331 e. The van der Waals surface area contributed by atoms with Gasteiger partial charge in [0.15, 0.2) is 0 Å². The van der Waals surface area contributed by atoms with E-state index >= 15 is 0 Å². The minimum atomic E-state index is -0.399. The van der Waals surface area contributed by atoms with Crippen LogP contribution in [0.1, 0.15) is 40.4 Å². The van der Waals surface area contributed by atoms with Crippen molar-refractivity contribution in [2.24, 2.45) is 0 Å². The SMILES string of the molecule is Cc1ccccc1C1CCCN1C(=O)c1cnc(-c2ccccc2)[nH]c1=O. The van der Waals surface area contributed by atoms with Crippen molar-refractivity contribution in [1.29, 1.82) is 0 Å². The Morgan fingerprint density at radius 2 is 1.85 bits per heavy atom. The Labute approximate surface area is 157 Å². The monoisotopic (exact) mass is 359 g/mol. The molecule has 4 rings (SSSR count). The van der Waals surface area contributed by atoms with Crippen LogP contribution in [-0.4, -0.2) is 27.3 Å². The standard InChI is InChI=1S/C22H21N3O2/c1-15-8-5-6-11-17(15)19-12-7-13-25(19)22(27)18-14-23-20(24-21(18)26)16-9-3-2-4-10-16/h2-6,8-11,14,19H,7,12-13H2,1H3,(H,23,24,26). The molecule has 1 fully saturated rings. The summed E-state index contributed by atoms with van der Waals surface area (Å²) in [5.41, 5.74) is 2.81. The third kappa shape index (κ3) is 3.28. The van der Waals surface area contributed by atoms with Crippen molar-refractivity contribution < 1.29 is 4.79 Å². The van der Waals surface area contributed by atoms with Crippen LogP contribution in [0, 0.1) is 6.92 Å². The second-order valence-corrected chi connectivity index (χ2v) is 6.85. The number of aryl methyl sites for hydroxylation is 1. The van der Waals surface area contributed by atoms with Crippen LogP contribution in [0.4, 0.5) is 0 Å². The molecule has 5 nitrogen and oxygen atoms in total. The Morgan fingerprint density at radius 3 is 2.59 bits per heavy atom. The average Bonchev–Trinajstić information content (AvgIpc) is 3.18. The third-order valence-corrected chi connectivity index (χ3v) is 5.14. The molecule has 1 amide bonds. The summed E-state index contributed by atoms with van der Waals surface area (Å²) in [7, 11) is 0. The number of nitrogens with zero attached hydrogens (tertiary/aromatic N) is 2. The summed E-state index contributed by atoms with van der Waals surface area (Å²) >= 11 is 0. The molecule has 1 aliphatic rings. The maximum absolute atomic E-state index is 13.1. The first-order valence-electron chi connectivity index (χ1n) is 9.16. The second kappa shape index (κ2) is 7.19. The number of hydrogen-bond donors (Lipinski definition) is 1. The van der Waals surface area contributed by atoms with Gasteiger partial charge >= 0.3 is 0 Å². The van der Waals surface area contributed by atoms with Crippen molar-refractivity contribution >= 4 is 5.91 Å². The highest BCUT2D eigenvalue weighted by Gasteiger charge is 2.32. The Balaban J connectivity index is 1.64. The predicted molar refractivity (Wildman–Crippen MR) is 104 cm³/mol. The summed E-state index contributed by atoms with van der Waals surface area (Å²) < 4.78 is 0. The Morgan fingerprint density at radius 1 is 1.11 bits per heavy atom. The topological polar surface area (TPSA) is 66.1 Å². The van der Waals surface area contributed by atoms with Crippen molar-refractivity contribution in [2.45, 2.75) is 25.8 Å². The summed E-state index contributed by atoms with van der Waals surface area (Å²) in [5, 5.41) is 0. The van der Waals surface area contributed by atoms with E-state index in [0.717, 1.165) is 29.5 Å². The molecule has 1 N–H and O–H groups in total. The zero-order valence-electron chi connectivity index (χ0n) is 15.2. The molecule has 27 heavy (non-hydrogen) atoms. The summed E-state index contributed by atoms with van der Waals surface area (Å²) in [6, 6.07) is 17.5. The van der Waals surface area contributed by atoms with Gasteiger partial charge in [0.05, 0.1) is 6.04 Å². The van der Waals surface area contributed by atoms with Crippen LogP contribution in [0.15, 0.2) is 65.6 Å². The molecule has 0 spiro atoms. The number of hydrogen-bond acceptors (Lipinski definition) is 3. The summed E-state index contributed by atoms with van der Waals surface area (Å²) in [5.74, 6) is 0.211. The molecule has 5 heteroatoms. The van der Waals surface area contributed by atoms with Gasteiger partial charge in [0.2, 0.25) is 0 Å². The summed E-state index contributed by atoms with van der Waals surface area (Å²) in [6.45, 7) is 2.71. The number of aromatic nitrogens is 2. The van der Waals surface area contributed by atoms with Crippen LogP contribution < -0.4 is 5.56 Å². The molecular weight excluding hydrogens is 338 g/mol. The van der Waals surface area contributed by atoms with Gasteiger partial charge in [-0.25, -0.2) is 4.98 Å². The number of carbonyl (C=O) groups excluding carboxylic acids is 1. The molecule has 0 bridgehead atoms. The van der Waals surface area contributed by atoms with E-state index in [1.54, 1.807) is 4.90 Å². The van der Waals surface area contributed by atoms with Gasteiger partial charge < -0.3 is 9.88 Å². The van der Waals surface area contributed by atoms with Crippen LogP contribution in [0.3, 0.4) is 0 Å². The Hall–Kier alpha value is -3.21. The van der Waals surface area contributed by atoms with Gasteiger partial charge in [0.25, 0.3) is 11.5 Å². The summed E-state index contributed by atoms with van der Waals surface area (Å²) in [6.07, 6.45) is 3.24. The minimum Gasteiger partial charge on any atom is -0.331 e. The van der Waals surface area contributed by atoms with Crippen molar-refractivity contribution in [3.05, 3.63) is 87.8 Å². The Bertz CT molecular complexity index is 1030. The Kier molecular flexibility index (Phi) is 4.59. The normalized spacial score (nSPS) is 16.5. The molecule has 1 aromatic heterocycles. The van der Waals surface area contributed by atoms with Gasteiger partial charge in [-0.05, 0) is 30.9 Å². The van der Waals surface area contributed by atoms with Crippen LogP contribution in [0.25, 0.3) is 11.4 Å². The predicted octanol–water partition coefficient (Wildman–Crippen LogP) is 3.72. The highest BCUT2D eigenvalue weighted by atomic mass is 16.2. The fourth-order valence-electron chi connectivity index (χ4n) is 3.74. The molecule has 1 unspecified atom stereocenters. The number of aromatic amines is 1. The van der Waals surface area contributed by atoms with E-state index < -0.39 is 5.56 Å². The first-order chi connectivity index (χ1) is 13.1. The van der Waals surface area contributed by atoms with E-state index in [-0.39, 0.29) is 17.5 Å². The molecule has 0 aliphatic carbocycles.